The largest absolute Gasteiger partial charge is 0.494 e. The third-order valence-corrected chi connectivity index (χ3v) is 4.58. The van der Waals surface area contributed by atoms with Crippen LogP contribution in [0.4, 0.5) is 5.69 Å². The summed E-state index contributed by atoms with van der Waals surface area (Å²) >= 11 is 0. The predicted molar refractivity (Wildman–Crippen MR) is 91.8 cm³/mol. The van der Waals surface area contributed by atoms with Gasteiger partial charge in [-0.25, -0.2) is 0 Å². The third-order valence-electron chi connectivity index (χ3n) is 4.58. The maximum Gasteiger partial charge on any atom is 0.224 e. The fourth-order valence-electron chi connectivity index (χ4n) is 3.02. The van der Waals surface area contributed by atoms with Crippen LogP contribution in [0, 0.1) is 5.92 Å². The Morgan fingerprint density at radius 1 is 1.38 bits per heavy atom. The van der Waals surface area contributed by atoms with Gasteiger partial charge < -0.3 is 21.1 Å². The molecule has 3 rings (SSSR count). The van der Waals surface area contributed by atoms with Gasteiger partial charge in [0, 0.05) is 31.1 Å². The molecule has 0 saturated heterocycles. The minimum absolute atomic E-state index is 0.0501. The van der Waals surface area contributed by atoms with E-state index in [0.29, 0.717) is 38.3 Å². The molecule has 4 N–H and O–H groups in total. The van der Waals surface area contributed by atoms with Crippen molar-refractivity contribution in [1.82, 2.24) is 5.32 Å². The normalized spacial score (nSPS) is 17.6. The summed E-state index contributed by atoms with van der Waals surface area (Å²) in [5.74, 6) is 1.47. The summed E-state index contributed by atoms with van der Waals surface area (Å²) in [5, 5.41) is 5.86. The van der Waals surface area contributed by atoms with Gasteiger partial charge in [0.05, 0.1) is 6.61 Å². The molecule has 6 nitrogen and oxygen atoms in total. The summed E-state index contributed by atoms with van der Waals surface area (Å²) in [7, 11) is 0. The van der Waals surface area contributed by atoms with Gasteiger partial charge in [0.15, 0.2) is 0 Å². The maximum absolute atomic E-state index is 11.9. The Labute approximate surface area is 142 Å². The van der Waals surface area contributed by atoms with Crippen LogP contribution in [0.2, 0.25) is 0 Å². The number of hydrogen-bond donors (Lipinski definition) is 3. The van der Waals surface area contributed by atoms with Crippen molar-refractivity contribution in [1.29, 1.82) is 0 Å². The third kappa shape index (κ3) is 4.47. The fraction of sp³-hybridized carbons (Fsp3) is 0.556. The van der Waals surface area contributed by atoms with E-state index in [4.69, 9.17) is 10.5 Å². The Morgan fingerprint density at radius 2 is 2.21 bits per heavy atom. The first kappa shape index (κ1) is 16.8. The zero-order chi connectivity index (χ0) is 16.9. The maximum atomic E-state index is 11.9. The number of carbonyl (C=O) groups excluding carboxylic acids is 2. The van der Waals surface area contributed by atoms with E-state index in [2.05, 4.69) is 10.6 Å². The van der Waals surface area contributed by atoms with Crippen LogP contribution in [0.3, 0.4) is 0 Å². The minimum Gasteiger partial charge on any atom is -0.494 e. The van der Waals surface area contributed by atoms with Gasteiger partial charge in [-0.2, -0.15) is 0 Å². The van der Waals surface area contributed by atoms with Gasteiger partial charge >= 0.3 is 0 Å². The number of ether oxygens (including phenoxy) is 1. The van der Waals surface area contributed by atoms with Crippen molar-refractivity contribution in [3.05, 3.63) is 23.8 Å². The van der Waals surface area contributed by atoms with Crippen LogP contribution in [-0.4, -0.2) is 31.0 Å². The number of nitrogens with two attached hydrogens (primary N) is 1. The van der Waals surface area contributed by atoms with E-state index < -0.39 is 0 Å². The average molecular weight is 331 g/mol. The standard InChI is InChI=1S/C18H25N3O3/c19-11-16(12-3-4-12)21-17(22)2-1-9-24-14-6-7-15-13(10-14)5-8-18(23)20-15/h6-7,10,12,16H,1-5,8-9,11,19H2,(H,20,23)(H,21,22). The molecular formula is C18H25N3O3. The van der Waals surface area contributed by atoms with Gasteiger partial charge in [0.1, 0.15) is 5.75 Å². The topological polar surface area (TPSA) is 93.4 Å². The molecular weight excluding hydrogens is 306 g/mol. The van der Waals surface area contributed by atoms with E-state index in [1.807, 2.05) is 18.2 Å². The number of nitrogens with one attached hydrogen (secondary N) is 2. The molecule has 2 aliphatic rings. The molecule has 1 aliphatic carbocycles. The minimum atomic E-state index is 0.0501. The second-order valence-electron chi connectivity index (χ2n) is 6.57. The molecule has 1 atom stereocenters. The number of aryl methyl sites for hydroxylation is 1. The van der Waals surface area contributed by atoms with Gasteiger partial charge in [-0.05, 0) is 55.4 Å². The molecule has 0 bridgehead atoms. The second kappa shape index (κ2) is 7.66. The summed E-state index contributed by atoms with van der Waals surface area (Å²) in [5.41, 5.74) is 7.66. The first-order chi connectivity index (χ1) is 11.7. The highest BCUT2D eigenvalue weighted by Gasteiger charge is 2.30. The van der Waals surface area contributed by atoms with Crippen molar-refractivity contribution in [3.8, 4) is 5.75 Å². The molecule has 1 saturated carbocycles. The number of carbonyl (C=O) groups is 2. The number of hydrogen-bond acceptors (Lipinski definition) is 4. The van der Waals surface area contributed by atoms with Crippen molar-refractivity contribution in [2.75, 3.05) is 18.5 Å². The molecule has 24 heavy (non-hydrogen) atoms. The molecule has 130 valence electrons. The molecule has 0 aromatic heterocycles. The number of fused-ring (bicyclic) bond motifs is 1. The van der Waals surface area contributed by atoms with E-state index in [1.54, 1.807) is 0 Å². The van der Waals surface area contributed by atoms with E-state index in [1.165, 1.54) is 12.8 Å². The van der Waals surface area contributed by atoms with E-state index in [9.17, 15) is 9.59 Å². The summed E-state index contributed by atoms with van der Waals surface area (Å²) in [4.78, 5) is 23.3. The first-order valence-corrected chi connectivity index (χ1v) is 8.70. The molecule has 0 spiro atoms. The molecule has 1 unspecified atom stereocenters. The first-order valence-electron chi connectivity index (χ1n) is 8.70. The van der Waals surface area contributed by atoms with Gasteiger partial charge in [-0.1, -0.05) is 0 Å². The Bertz CT molecular complexity index is 614. The van der Waals surface area contributed by atoms with Crippen molar-refractivity contribution < 1.29 is 14.3 Å². The summed E-state index contributed by atoms with van der Waals surface area (Å²) in [6.07, 6.45) is 4.71. The van der Waals surface area contributed by atoms with Crippen LogP contribution in [0.1, 0.15) is 37.7 Å². The van der Waals surface area contributed by atoms with Gasteiger partial charge in [-0.15, -0.1) is 0 Å². The lowest BCUT2D eigenvalue weighted by molar-refractivity contribution is -0.122. The SMILES string of the molecule is NCC(NC(=O)CCCOc1ccc2c(c1)CCC(=O)N2)C1CC1. The molecule has 6 heteroatoms. The van der Waals surface area contributed by atoms with Gasteiger partial charge in [0.25, 0.3) is 0 Å². The van der Waals surface area contributed by atoms with E-state index >= 15 is 0 Å². The molecule has 1 heterocycles. The Kier molecular flexibility index (Phi) is 5.35. The number of benzene rings is 1. The van der Waals surface area contributed by atoms with Crippen LogP contribution < -0.4 is 21.1 Å². The second-order valence-corrected chi connectivity index (χ2v) is 6.57. The Morgan fingerprint density at radius 3 is 2.96 bits per heavy atom. The molecule has 1 aromatic carbocycles. The molecule has 1 fully saturated rings. The van der Waals surface area contributed by atoms with Crippen LogP contribution in [0.25, 0.3) is 0 Å². The molecule has 1 aliphatic heterocycles. The molecule has 1 aromatic rings. The van der Waals surface area contributed by atoms with Gasteiger partial charge in [-0.3, -0.25) is 9.59 Å². The molecule has 0 radical (unpaired) electrons. The molecule has 2 amide bonds. The van der Waals surface area contributed by atoms with Crippen molar-refractivity contribution >= 4 is 17.5 Å². The average Bonchev–Trinajstić information content (AvgIpc) is 3.41. The quantitative estimate of drug-likeness (QED) is 0.631. The predicted octanol–water partition coefficient (Wildman–Crippen LogP) is 1.58. The zero-order valence-electron chi connectivity index (χ0n) is 13.8. The van der Waals surface area contributed by atoms with Crippen LogP contribution in [-0.2, 0) is 16.0 Å². The van der Waals surface area contributed by atoms with Crippen molar-refractivity contribution in [2.24, 2.45) is 11.7 Å². The van der Waals surface area contributed by atoms with Crippen molar-refractivity contribution in [2.45, 2.75) is 44.6 Å². The van der Waals surface area contributed by atoms with Crippen LogP contribution in [0.15, 0.2) is 18.2 Å². The highest BCUT2D eigenvalue weighted by Crippen LogP contribution is 2.32. The fourth-order valence-corrected chi connectivity index (χ4v) is 3.02. The van der Waals surface area contributed by atoms with E-state index in [-0.39, 0.29) is 17.9 Å². The van der Waals surface area contributed by atoms with Crippen molar-refractivity contribution in [3.63, 3.8) is 0 Å². The smallest absolute Gasteiger partial charge is 0.224 e. The number of anilines is 1. The lowest BCUT2D eigenvalue weighted by Crippen LogP contribution is -2.41. The van der Waals surface area contributed by atoms with Crippen LogP contribution >= 0.6 is 0 Å². The Balaban J connectivity index is 1.38. The monoisotopic (exact) mass is 331 g/mol. The Hall–Kier alpha value is -2.08. The van der Waals surface area contributed by atoms with E-state index in [0.717, 1.165) is 23.4 Å². The van der Waals surface area contributed by atoms with Crippen LogP contribution in [0.5, 0.6) is 5.75 Å². The number of amides is 2. The summed E-state index contributed by atoms with van der Waals surface area (Å²) in [6, 6.07) is 5.82. The summed E-state index contributed by atoms with van der Waals surface area (Å²) < 4.78 is 5.72. The zero-order valence-corrected chi connectivity index (χ0v) is 13.8. The highest BCUT2D eigenvalue weighted by atomic mass is 16.5. The van der Waals surface area contributed by atoms with Gasteiger partial charge in [0.2, 0.25) is 11.8 Å². The lowest BCUT2D eigenvalue weighted by Gasteiger charge is -2.18. The highest BCUT2D eigenvalue weighted by molar-refractivity contribution is 5.94. The summed E-state index contributed by atoms with van der Waals surface area (Å²) in [6.45, 7) is 1.01. The number of rotatable bonds is 8. The lowest BCUT2D eigenvalue weighted by atomic mass is 10.0.